The summed E-state index contributed by atoms with van der Waals surface area (Å²) in [5.74, 6) is -0.0267. The van der Waals surface area contributed by atoms with Gasteiger partial charge in [0.05, 0.1) is 23.3 Å². The second-order valence-corrected chi connectivity index (χ2v) is 5.99. The minimum absolute atomic E-state index is 0.0267. The number of amides is 1. The molecule has 7 nitrogen and oxygen atoms in total. The van der Waals surface area contributed by atoms with Gasteiger partial charge in [-0.25, -0.2) is 9.67 Å². The Morgan fingerprint density at radius 3 is 2.91 bits per heavy atom. The summed E-state index contributed by atoms with van der Waals surface area (Å²) in [7, 11) is 0. The Balaban J connectivity index is 1.41. The highest BCUT2D eigenvalue weighted by Crippen LogP contribution is 2.28. The highest BCUT2D eigenvalue weighted by Gasteiger charge is 2.24. The van der Waals surface area contributed by atoms with Crippen molar-refractivity contribution in [2.45, 2.75) is 37.8 Å². The molecule has 1 aliphatic carbocycles. The molecule has 1 amide bonds. The van der Waals surface area contributed by atoms with Crippen LogP contribution in [0.5, 0.6) is 0 Å². The van der Waals surface area contributed by atoms with Crippen LogP contribution in [0, 0.1) is 0 Å². The monoisotopic (exact) mass is 310 g/mol. The summed E-state index contributed by atoms with van der Waals surface area (Å²) in [6.07, 6.45) is 8.96. The minimum atomic E-state index is -0.0267. The van der Waals surface area contributed by atoms with Gasteiger partial charge in [-0.15, -0.1) is 0 Å². The lowest BCUT2D eigenvalue weighted by Gasteiger charge is -2.29. The van der Waals surface area contributed by atoms with E-state index in [4.69, 9.17) is 0 Å². The van der Waals surface area contributed by atoms with Crippen molar-refractivity contribution < 1.29 is 4.79 Å². The zero-order valence-electron chi connectivity index (χ0n) is 12.6. The lowest BCUT2D eigenvalue weighted by molar-refractivity contribution is 0.0923. The van der Waals surface area contributed by atoms with Crippen molar-refractivity contribution in [2.75, 3.05) is 0 Å². The van der Waals surface area contributed by atoms with Crippen LogP contribution in [0.1, 0.15) is 42.1 Å². The van der Waals surface area contributed by atoms with Crippen LogP contribution in [0.3, 0.4) is 0 Å². The van der Waals surface area contributed by atoms with Gasteiger partial charge in [0.2, 0.25) is 0 Å². The van der Waals surface area contributed by atoms with E-state index in [9.17, 15) is 4.79 Å². The zero-order chi connectivity index (χ0) is 15.6. The van der Waals surface area contributed by atoms with E-state index in [1.807, 2.05) is 22.9 Å². The first kappa shape index (κ1) is 13.9. The maximum Gasteiger partial charge on any atom is 0.252 e. The van der Waals surface area contributed by atoms with E-state index in [2.05, 4.69) is 25.6 Å². The number of H-pyrrole nitrogens is 1. The lowest BCUT2D eigenvalue weighted by atomic mass is 9.91. The van der Waals surface area contributed by atoms with Crippen LogP contribution in [0.4, 0.5) is 0 Å². The lowest BCUT2D eigenvalue weighted by Crippen LogP contribution is -2.38. The molecule has 3 aromatic rings. The standard InChI is InChI=1S/C16H18N6O/c23-16(13-2-1-3-15-14(13)8-18-21-15)20-11-4-6-12(7-5-11)22-10-17-9-19-22/h1-3,8-12H,4-7H2,(H,18,21)(H,20,23). The maximum absolute atomic E-state index is 12.6. The van der Waals surface area contributed by atoms with Gasteiger partial charge in [0, 0.05) is 11.4 Å². The van der Waals surface area contributed by atoms with Gasteiger partial charge in [0.1, 0.15) is 12.7 Å². The molecule has 4 rings (SSSR count). The van der Waals surface area contributed by atoms with Gasteiger partial charge in [0.25, 0.3) is 5.91 Å². The summed E-state index contributed by atoms with van der Waals surface area (Å²) in [6.45, 7) is 0. The number of carbonyl (C=O) groups is 1. The Kier molecular flexibility index (Phi) is 3.53. The number of aromatic amines is 1. The van der Waals surface area contributed by atoms with Crippen molar-refractivity contribution in [3.8, 4) is 0 Å². The van der Waals surface area contributed by atoms with E-state index < -0.39 is 0 Å². The van der Waals surface area contributed by atoms with Crippen LogP contribution in [0.2, 0.25) is 0 Å². The average molecular weight is 310 g/mol. The molecule has 0 spiro atoms. The zero-order valence-corrected chi connectivity index (χ0v) is 12.6. The number of nitrogens with zero attached hydrogens (tertiary/aromatic N) is 4. The first-order valence-electron chi connectivity index (χ1n) is 7.88. The van der Waals surface area contributed by atoms with Gasteiger partial charge in [-0.3, -0.25) is 9.89 Å². The van der Waals surface area contributed by atoms with Gasteiger partial charge in [0.15, 0.2) is 0 Å². The molecule has 23 heavy (non-hydrogen) atoms. The first-order chi connectivity index (χ1) is 11.3. The number of fused-ring (bicyclic) bond motifs is 1. The molecule has 1 fully saturated rings. The molecule has 0 unspecified atom stereocenters. The fourth-order valence-corrected chi connectivity index (χ4v) is 3.32. The molecule has 1 aromatic carbocycles. The predicted molar refractivity (Wildman–Crippen MR) is 84.9 cm³/mol. The van der Waals surface area contributed by atoms with E-state index in [0.717, 1.165) is 36.6 Å². The normalized spacial score (nSPS) is 21.4. The quantitative estimate of drug-likeness (QED) is 0.775. The molecular formula is C16H18N6O. The second kappa shape index (κ2) is 5.83. The largest absolute Gasteiger partial charge is 0.349 e. The Hall–Kier alpha value is -2.70. The third-order valence-electron chi connectivity index (χ3n) is 4.57. The van der Waals surface area contributed by atoms with Gasteiger partial charge < -0.3 is 5.32 Å². The number of rotatable bonds is 3. The highest BCUT2D eigenvalue weighted by molar-refractivity contribution is 6.06. The van der Waals surface area contributed by atoms with E-state index in [1.165, 1.54) is 0 Å². The van der Waals surface area contributed by atoms with Crippen LogP contribution >= 0.6 is 0 Å². The van der Waals surface area contributed by atoms with E-state index in [-0.39, 0.29) is 11.9 Å². The highest BCUT2D eigenvalue weighted by atomic mass is 16.1. The van der Waals surface area contributed by atoms with Gasteiger partial charge in [-0.1, -0.05) is 6.07 Å². The van der Waals surface area contributed by atoms with Crippen LogP contribution in [-0.2, 0) is 0 Å². The van der Waals surface area contributed by atoms with E-state index >= 15 is 0 Å². The summed E-state index contributed by atoms with van der Waals surface area (Å²) in [5, 5.41) is 15.1. The van der Waals surface area contributed by atoms with Gasteiger partial charge in [-0.05, 0) is 37.8 Å². The van der Waals surface area contributed by atoms with Gasteiger partial charge >= 0.3 is 0 Å². The molecule has 2 heterocycles. The number of hydrogen-bond acceptors (Lipinski definition) is 4. The number of nitrogens with one attached hydrogen (secondary N) is 2. The third kappa shape index (κ3) is 2.69. The Morgan fingerprint density at radius 2 is 2.13 bits per heavy atom. The number of aromatic nitrogens is 5. The Bertz CT molecular complexity index is 801. The topological polar surface area (TPSA) is 88.5 Å². The summed E-state index contributed by atoms with van der Waals surface area (Å²) in [6, 6.07) is 6.24. The van der Waals surface area contributed by atoms with Crippen LogP contribution in [0.25, 0.3) is 10.9 Å². The van der Waals surface area contributed by atoms with Crippen molar-refractivity contribution in [1.82, 2.24) is 30.3 Å². The SMILES string of the molecule is O=C(NC1CCC(n2cncn2)CC1)c1cccc2[nH]ncc12. The molecule has 0 saturated heterocycles. The van der Waals surface area contributed by atoms with Crippen molar-refractivity contribution in [1.29, 1.82) is 0 Å². The summed E-state index contributed by atoms with van der Waals surface area (Å²) >= 11 is 0. The Labute approximate surface area is 133 Å². The van der Waals surface area contributed by atoms with Crippen LogP contribution in [0.15, 0.2) is 37.1 Å². The molecule has 0 radical (unpaired) electrons. The summed E-state index contributed by atoms with van der Waals surface area (Å²) in [5.41, 5.74) is 1.56. The van der Waals surface area contributed by atoms with Crippen molar-refractivity contribution >= 4 is 16.8 Å². The molecule has 0 aliphatic heterocycles. The average Bonchev–Trinajstić information content (AvgIpc) is 3.26. The molecule has 118 valence electrons. The smallest absolute Gasteiger partial charge is 0.252 e. The van der Waals surface area contributed by atoms with Crippen molar-refractivity contribution in [3.63, 3.8) is 0 Å². The second-order valence-electron chi connectivity index (χ2n) is 5.99. The first-order valence-corrected chi connectivity index (χ1v) is 7.88. The number of benzene rings is 1. The summed E-state index contributed by atoms with van der Waals surface area (Å²) in [4.78, 5) is 16.6. The fraction of sp³-hybridized carbons (Fsp3) is 0.375. The summed E-state index contributed by atoms with van der Waals surface area (Å²) < 4.78 is 1.92. The maximum atomic E-state index is 12.6. The molecule has 0 bridgehead atoms. The number of carbonyl (C=O) groups excluding carboxylic acids is 1. The third-order valence-corrected chi connectivity index (χ3v) is 4.57. The van der Waals surface area contributed by atoms with Crippen LogP contribution < -0.4 is 5.32 Å². The minimum Gasteiger partial charge on any atom is -0.349 e. The van der Waals surface area contributed by atoms with Crippen molar-refractivity contribution in [2.24, 2.45) is 0 Å². The Morgan fingerprint density at radius 1 is 1.26 bits per heavy atom. The molecular weight excluding hydrogens is 292 g/mol. The number of hydrogen-bond donors (Lipinski definition) is 2. The predicted octanol–water partition coefficient (Wildman–Crippen LogP) is 2.07. The fourth-order valence-electron chi connectivity index (χ4n) is 3.32. The molecule has 0 atom stereocenters. The van der Waals surface area contributed by atoms with E-state index in [0.29, 0.717) is 11.6 Å². The van der Waals surface area contributed by atoms with Crippen molar-refractivity contribution in [3.05, 3.63) is 42.6 Å². The molecule has 1 aliphatic rings. The molecule has 1 saturated carbocycles. The molecule has 2 N–H and O–H groups in total. The van der Waals surface area contributed by atoms with Gasteiger partial charge in [-0.2, -0.15) is 10.2 Å². The van der Waals surface area contributed by atoms with Crippen LogP contribution in [-0.4, -0.2) is 36.9 Å². The molecule has 7 heteroatoms. The molecule has 2 aromatic heterocycles. The van der Waals surface area contributed by atoms with E-state index in [1.54, 1.807) is 18.9 Å².